The number of hydrogen-bond donors (Lipinski definition) is 0. The maximum atomic E-state index is 12.5. The molecule has 0 saturated carbocycles. The van der Waals surface area contributed by atoms with Gasteiger partial charge in [0.2, 0.25) is 0 Å². The number of nitrogens with zero attached hydrogens (tertiary/aromatic N) is 3. The molecule has 1 aliphatic rings. The predicted octanol–water partition coefficient (Wildman–Crippen LogP) is 0.262. The number of rotatable bonds is 3. The van der Waals surface area contributed by atoms with Gasteiger partial charge in [-0.05, 0) is 31.5 Å². The van der Waals surface area contributed by atoms with Crippen LogP contribution in [0.25, 0.3) is 5.57 Å². The highest BCUT2D eigenvalue weighted by Gasteiger charge is 2.37. The van der Waals surface area contributed by atoms with Gasteiger partial charge in [0, 0.05) is 5.57 Å². The SMILES string of the molecule is Cn1cc[n+](C)c1[BH2-]C1=C(c2ccc(C#N)cc2)C(=O)OC1(C)C. The van der Waals surface area contributed by atoms with Gasteiger partial charge in [-0.25, -0.2) is 4.79 Å². The van der Waals surface area contributed by atoms with E-state index in [0.717, 1.165) is 11.0 Å². The average molecular weight is 321 g/mol. The largest absolute Gasteiger partial charge is 0.455 e. The highest BCUT2D eigenvalue weighted by molar-refractivity contribution is 6.62. The molecule has 1 aromatic heterocycles. The van der Waals surface area contributed by atoms with E-state index >= 15 is 0 Å². The molecule has 3 rings (SSSR count). The first-order valence-corrected chi connectivity index (χ1v) is 8.10. The number of cyclic esters (lactones) is 1. The van der Waals surface area contributed by atoms with E-state index in [-0.39, 0.29) is 5.97 Å². The Morgan fingerprint density at radius 1 is 1.29 bits per heavy atom. The summed E-state index contributed by atoms with van der Waals surface area (Å²) in [5.41, 5.74) is 3.75. The first-order valence-electron chi connectivity index (χ1n) is 8.10. The third-order valence-corrected chi connectivity index (χ3v) is 5.14. The van der Waals surface area contributed by atoms with Crippen LogP contribution in [0.15, 0.2) is 42.1 Å². The molecule has 0 unspecified atom stereocenters. The standard InChI is InChI=1S/C18H20BN3O2/c1-18(2)15(19-17-21(3)9-10-22(17)4)14(16(23)24-18)13-7-5-12(11-20)6-8-13/h5-10H,19H2,1-4H3. The number of benzene rings is 1. The minimum Gasteiger partial charge on any atom is -0.455 e. The van der Waals surface area contributed by atoms with Gasteiger partial charge in [-0.1, -0.05) is 12.1 Å². The van der Waals surface area contributed by atoms with E-state index in [1.807, 2.05) is 52.5 Å². The van der Waals surface area contributed by atoms with Crippen molar-refractivity contribution in [2.75, 3.05) is 0 Å². The first-order chi connectivity index (χ1) is 11.3. The number of carbonyl (C=O) groups excluding carboxylic acids is 1. The number of nitriles is 1. The van der Waals surface area contributed by atoms with E-state index in [1.54, 1.807) is 12.1 Å². The average Bonchev–Trinajstić information content (AvgIpc) is 2.97. The molecule has 0 N–H and O–H groups in total. The third kappa shape index (κ3) is 2.63. The Bertz CT molecular complexity index is 866. The van der Waals surface area contributed by atoms with Crippen LogP contribution in [0.5, 0.6) is 0 Å². The number of aryl methyl sites for hydroxylation is 2. The zero-order valence-corrected chi connectivity index (χ0v) is 14.6. The molecule has 1 aliphatic heterocycles. The fourth-order valence-corrected chi connectivity index (χ4v) is 3.53. The van der Waals surface area contributed by atoms with Crippen LogP contribution in [0.2, 0.25) is 0 Å². The number of imidazole rings is 1. The van der Waals surface area contributed by atoms with Gasteiger partial charge in [0.1, 0.15) is 19.7 Å². The summed E-state index contributed by atoms with van der Waals surface area (Å²) in [5.74, 6) is -0.277. The topological polar surface area (TPSA) is 58.9 Å². The summed E-state index contributed by atoms with van der Waals surface area (Å²) in [6.45, 7) is 3.90. The Kier molecular flexibility index (Phi) is 3.80. The molecule has 1 aromatic carbocycles. The highest BCUT2D eigenvalue weighted by Crippen LogP contribution is 2.36. The molecule has 2 heterocycles. The van der Waals surface area contributed by atoms with Crippen LogP contribution < -0.4 is 10.3 Å². The fourth-order valence-electron chi connectivity index (χ4n) is 3.53. The van der Waals surface area contributed by atoms with E-state index in [4.69, 9.17) is 10.00 Å². The summed E-state index contributed by atoms with van der Waals surface area (Å²) in [6.07, 6.45) is 4.04. The fraction of sp³-hybridized carbons (Fsp3) is 0.278. The van der Waals surface area contributed by atoms with E-state index in [9.17, 15) is 4.79 Å². The van der Waals surface area contributed by atoms with Gasteiger partial charge in [-0.3, -0.25) is 9.13 Å². The van der Waals surface area contributed by atoms with Crippen LogP contribution in [0.3, 0.4) is 0 Å². The lowest BCUT2D eigenvalue weighted by Crippen LogP contribution is -2.51. The van der Waals surface area contributed by atoms with Crippen molar-refractivity contribution in [2.24, 2.45) is 14.1 Å². The molecular weight excluding hydrogens is 301 g/mol. The maximum absolute atomic E-state index is 12.5. The van der Waals surface area contributed by atoms with Crippen molar-refractivity contribution in [1.82, 2.24) is 4.57 Å². The van der Waals surface area contributed by atoms with Crippen molar-refractivity contribution in [1.29, 1.82) is 5.26 Å². The van der Waals surface area contributed by atoms with Crippen molar-refractivity contribution >= 4 is 24.5 Å². The molecule has 0 aliphatic carbocycles. The second-order valence-electron chi connectivity index (χ2n) is 6.91. The van der Waals surface area contributed by atoms with Crippen molar-refractivity contribution in [3.05, 3.63) is 53.3 Å². The van der Waals surface area contributed by atoms with Gasteiger partial charge in [0.25, 0.3) is 0 Å². The Morgan fingerprint density at radius 3 is 2.50 bits per heavy atom. The third-order valence-electron chi connectivity index (χ3n) is 5.14. The molecule has 0 fully saturated rings. The second-order valence-corrected chi connectivity index (χ2v) is 6.91. The summed E-state index contributed by atoms with van der Waals surface area (Å²) in [5, 5.41) is 8.96. The maximum Gasteiger partial charge on any atom is 0.336 e. The number of esters is 1. The zero-order chi connectivity index (χ0) is 17.5. The summed E-state index contributed by atoms with van der Waals surface area (Å²) in [4.78, 5) is 12.5. The van der Waals surface area contributed by atoms with Gasteiger partial charge in [0.15, 0.2) is 0 Å². The number of aromatic nitrogens is 2. The molecule has 0 bridgehead atoms. The van der Waals surface area contributed by atoms with Crippen LogP contribution in [0.4, 0.5) is 0 Å². The molecule has 0 radical (unpaired) electrons. The molecule has 0 amide bonds. The Labute approximate surface area is 142 Å². The van der Waals surface area contributed by atoms with Gasteiger partial charge >= 0.3 is 5.97 Å². The molecule has 2 aromatic rings. The summed E-state index contributed by atoms with van der Waals surface area (Å²) in [6, 6.07) is 9.23. The molecule has 6 heteroatoms. The van der Waals surface area contributed by atoms with Crippen LogP contribution in [0, 0.1) is 11.3 Å². The van der Waals surface area contributed by atoms with Crippen molar-refractivity contribution in [3.63, 3.8) is 0 Å². The van der Waals surface area contributed by atoms with Crippen molar-refractivity contribution in [2.45, 2.75) is 19.4 Å². The van der Waals surface area contributed by atoms with Gasteiger partial charge in [0.05, 0.1) is 37.1 Å². The van der Waals surface area contributed by atoms with E-state index in [0.29, 0.717) is 11.1 Å². The summed E-state index contributed by atoms with van der Waals surface area (Å²) >= 11 is 0. The van der Waals surface area contributed by atoms with E-state index in [1.165, 1.54) is 5.72 Å². The molecule has 0 saturated heterocycles. The molecule has 122 valence electrons. The molecule has 5 nitrogen and oxygen atoms in total. The minimum atomic E-state index is -0.746. The van der Waals surface area contributed by atoms with Crippen molar-refractivity contribution in [3.8, 4) is 6.07 Å². The van der Waals surface area contributed by atoms with Gasteiger partial charge in [-0.2, -0.15) is 10.7 Å². The predicted molar refractivity (Wildman–Crippen MR) is 93.0 cm³/mol. The number of hydrogen-bond acceptors (Lipinski definition) is 3. The van der Waals surface area contributed by atoms with Crippen LogP contribution in [-0.4, -0.2) is 23.4 Å². The van der Waals surface area contributed by atoms with Gasteiger partial charge in [-0.15, -0.1) is 0 Å². The Balaban J connectivity index is 2.12. The summed E-state index contributed by atoms with van der Waals surface area (Å²) < 4.78 is 9.85. The Hall–Kier alpha value is -2.81. The van der Waals surface area contributed by atoms with Crippen LogP contribution in [-0.2, 0) is 23.6 Å². The lowest BCUT2D eigenvalue weighted by molar-refractivity contribution is -0.652. The molecule has 24 heavy (non-hydrogen) atoms. The lowest BCUT2D eigenvalue weighted by atomic mass is 9.60. The second kappa shape index (κ2) is 5.68. The van der Waals surface area contributed by atoms with E-state index in [2.05, 4.69) is 15.2 Å². The summed E-state index contributed by atoms with van der Waals surface area (Å²) in [7, 11) is 3.29. The van der Waals surface area contributed by atoms with Crippen LogP contribution >= 0.6 is 0 Å². The van der Waals surface area contributed by atoms with E-state index < -0.39 is 12.9 Å². The van der Waals surface area contributed by atoms with Crippen molar-refractivity contribution < 1.29 is 14.1 Å². The number of carbonyl (C=O) groups is 1. The minimum absolute atomic E-state index is 0.277. The smallest absolute Gasteiger partial charge is 0.336 e. The normalized spacial score (nSPS) is 16.2. The highest BCUT2D eigenvalue weighted by atomic mass is 16.6. The molecule has 0 atom stereocenters. The lowest BCUT2D eigenvalue weighted by Gasteiger charge is -2.25. The molecular formula is C18H20BN3O2. The number of ether oxygens (including phenoxy) is 1. The molecule has 0 spiro atoms. The quantitative estimate of drug-likeness (QED) is 0.463. The first kappa shape index (κ1) is 16.1. The van der Waals surface area contributed by atoms with Gasteiger partial charge < -0.3 is 4.74 Å². The Morgan fingerprint density at radius 2 is 1.96 bits per heavy atom. The monoisotopic (exact) mass is 321 g/mol. The zero-order valence-electron chi connectivity index (χ0n) is 14.6. The van der Waals surface area contributed by atoms with Crippen LogP contribution in [0.1, 0.15) is 25.0 Å².